The second-order valence-corrected chi connectivity index (χ2v) is 5.05. The molecule has 1 heterocycles. The molecule has 2 aromatic rings. The van der Waals surface area contributed by atoms with E-state index in [0.717, 1.165) is 5.56 Å². The van der Waals surface area contributed by atoms with Crippen LogP contribution in [0, 0.1) is 0 Å². The van der Waals surface area contributed by atoms with Gasteiger partial charge in [-0.3, -0.25) is 4.79 Å². The lowest BCUT2D eigenvalue weighted by molar-refractivity contribution is 0.0695. The van der Waals surface area contributed by atoms with Crippen LogP contribution in [0.25, 0.3) is 0 Å². The molecule has 0 fully saturated rings. The van der Waals surface area contributed by atoms with E-state index in [0.29, 0.717) is 0 Å². The van der Waals surface area contributed by atoms with Crippen LogP contribution < -0.4 is 4.74 Å². The number of ether oxygens (including phenoxy) is 1. The highest BCUT2D eigenvalue weighted by Crippen LogP contribution is 2.23. The van der Waals surface area contributed by atoms with Gasteiger partial charge in [-0.05, 0) is 24.6 Å². The van der Waals surface area contributed by atoms with Gasteiger partial charge < -0.3 is 9.64 Å². The lowest BCUT2D eigenvalue weighted by atomic mass is 10.1. The fourth-order valence-electron chi connectivity index (χ4n) is 2.12. The highest BCUT2D eigenvalue weighted by Gasteiger charge is 2.23. The molecule has 23 heavy (non-hydrogen) atoms. The maximum Gasteiger partial charge on any atom is 0.276 e. The molecular weight excluding hydrogens is 302 g/mol. The Morgan fingerprint density at radius 2 is 1.91 bits per heavy atom. The number of rotatable bonds is 6. The van der Waals surface area contributed by atoms with Gasteiger partial charge in [0.2, 0.25) is 0 Å². The minimum absolute atomic E-state index is 0.0263. The van der Waals surface area contributed by atoms with Crippen molar-refractivity contribution in [2.45, 2.75) is 19.4 Å². The molecule has 0 unspecified atom stereocenters. The number of alkyl halides is 2. The van der Waals surface area contributed by atoms with E-state index in [4.69, 9.17) is 4.74 Å². The average Bonchev–Trinajstić information content (AvgIpc) is 2.59. The van der Waals surface area contributed by atoms with Crippen LogP contribution in [0.3, 0.4) is 0 Å². The smallest absolute Gasteiger partial charge is 0.276 e. The number of nitrogens with zero attached hydrogens (tertiary/aromatic N) is 2. The van der Waals surface area contributed by atoms with Crippen LogP contribution in [0.15, 0.2) is 48.7 Å². The van der Waals surface area contributed by atoms with Crippen molar-refractivity contribution in [1.29, 1.82) is 0 Å². The van der Waals surface area contributed by atoms with Gasteiger partial charge in [-0.1, -0.05) is 30.3 Å². The summed E-state index contributed by atoms with van der Waals surface area (Å²) in [4.78, 5) is 18.1. The molecule has 122 valence electrons. The molecule has 6 heteroatoms. The Hall–Kier alpha value is -2.50. The number of pyridine rings is 1. The molecule has 1 aromatic heterocycles. The monoisotopic (exact) mass is 320 g/mol. The highest BCUT2D eigenvalue weighted by molar-refractivity contribution is 5.95. The molecule has 1 atom stereocenters. The third-order valence-corrected chi connectivity index (χ3v) is 3.52. The fraction of sp³-hybridized carbons (Fsp3) is 0.294. The summed E-state index contributed by atoms with van der Waals surface area (Å²) in [7, 11) is 1.64. The molecule has 0 aliphatic carbocycles. The summed E-state index contributed by atoms with van der Waals surface area (Å²) in [6, 6.07) is 12.3. The first-order chi connectivity index (χ1) is 11.0. The predicted molar refractivity (Wildman–Crippen MR) is 82.7 cm³/mol. The summed E-state index contributed by atoms with van der Waals surface area (Å²) >= 11 is 0. The predicted octanol–water partition coefficient (Wildman–Crippen LogP) is 3.56. The van der Waals surface area contributed by atoms with Gasteiger partial charge in [0.25, 0.3) is 12.3 Å². The molecule has 1 aromatic carbocycles. The Morgan fingerprint density at radius 3 is 2.57 bits per heavy atom. The Bertz CT molecular complexity index is 650. The van der Waals surface area contributed by atoms with E-state index >= 15 is 0 Å². The van der Waals surface area contributed by atoms with Crippen LogP contribution in [0.2, 0.25) is 0 Å². The third kappa shape index (κ3) is 4.25. The normalized spacial score (nSPS) is 12.0. The molecule has 0 aliphatic heterocycles. The number of carbonyl (C=O) groups excluding carboxylic acids is 1. The van der Waals surface area contributed by atoms with E-state index in [1.54, 1.807) is 7.05 Å². The number of halogens is 2. The molecule has 0 spiro atoms. The van der Waals surface area contributed by atoms with Gasteiger partial charge in [0.05, 0.1) is 6.04 Å². The van der Waals surface area contributed by atoms with Crippen LogP contribution in [0.1, 0.15) is 29.0 Å². The van der Waals surface area contributed by atoms with Crippen LogP contribution in [0.4, 0.5) is 8.78 Å². The van der Waals surface area contributed by atoms with Crippen molar-refractivity contribution >= 4 is 5.91 Å². The van der Waals surface area contributed by atoms with Crippen LogP contribution in [0.5, 0.6) is 5.75 Å². The van der Waals surface area contributed by atoms with Crippen molar-refractivity contribution in [3.63, 3.8) is 0 Å². The molecule has 0 N–H and O–H groups in total. The van der Waals surface area contributed by atoms with E-state index in [-0.39, 0.29) is 23.4 Å². The van der Waals surface area contributed by atoms with Crippen molar-refractivity contribution in [3.8, 4) is 5.75 Å². The fourth-order valence-corrected chi connectivity index (χ4v) is 2.12. The van der Waals surface area contributed by atoms with Crippen LogP contribution in [-0.2, 0) is 0 Å². The van der Waals surface area contributed by atoms with Gasteiger partial charge in [0.1, 0.15) is 6.61 Å². The Balaban J connectivity index is 2.19. The second kappa shape index (κ2) is 7.67. The van der Waals surface area contributed by atoms with Gasteiger partial charge in [0, 0.05) is 13.2 Å². The van der Waals surface area contributed by atoms with E-state index in [9.17, 15) is 13.6 Å². The van der Waals surface area contributed by atoms with Crippen LogP contribution in [-0.4, -0.2) is 35.9 Å². The first-order valence-corrected chi connectivity index (χ1v) is 7.18. The molecule has 0 bridgehead atoms. The van der Waals surface area contributed by atoms with E-state index in [2.05, 4.69) is 4.98 Å². The lowest BCUT2D eigenvalue weighted by Crippen LogP contribution is -2.30. The molecule has 1 amide bonds. The zero-order valence-electron chi connectivity index (χ0n) is 12.9. The number of hydrogen-bond donors (Lipinski definition) is 0. The minimum Gasteiger partial charge on any atom is -0.485 e. The maximum absolute atomic E-state index is 12.6. The molecule has 0 aliphatic rings. The van der Waals surface area contributed by atoms with Gasteiger partial charge in [0.15, 0.2) is 11.4 Å². The number of benzene rings is 1. The largest absolute Gasteiger partial charge is 0.485 e. The SMILES string of the molecule is C[C@H](c1ccccc1)N(C)C(=O)c1ncccc1OCC(F)F. The highest BCUT2D eigenvalue weighted by atomic mass is 19.3. The summed E-state index contributed by atoms with van der Waals surface area (Å²) in [6.45, 7) is 1.11. The number of hydrogen-bond acceptors (Lipinski definition) is 3. The van der Waals surface area contributed by atoms with Gasteiger partial charge in [-0.2, -0.15) is 0 Å². The van der Waals surface area contributed by atoms with Gasteiger partial charge in [-0.15, -0.1) is 0 Å². The van der Waals surface area contributed by atoms with Crippen molar-refractivity contribution < 1.29 is 18.3 Å². The number of amides is 1. The van der Waals surface area contributed by atoms with E-state index in [1.807, 2.05) is 37.3 Å². The van der Waals surface area contributed by atoms with Gasteiger partial charge >= 0.3 is 0 Å². The standard InChI is InChI=1S/C17H18F2N2O2/c1-12(13-7-4-3-5-8-13)21(2)17(22)16-14(9-6-10-20-16)23-11-15(18)19/h3-10,12,15H,11H2,1-2H3/t12-/m1/s1. The van der Waals surface area contributed by atoms with Gasteiger partial charge in [-0.25, -0.2) is 13.8 Å². The zero-order chi connectivity index (χ0) is 16.8. The maximum atomic E-state index is 12.6. The zero-order valence-corrected chi connectivity index (χ0v) is 12.9. The summed E-state index contributed by atoms with van der Waals surface area (Å²) in [6.07, 6.45) is -1.18. The number of aromatic nitrogens is 1. The third-order valence-electron chi connectivity index (χ3n) is 3.52. The molecule has 2 rings (SSSR count). The first-order valence-electron chi connectivity index (χ1n) is 7.18. The summed E-state index contributed by atoms with van der Waals surface area (Å²) in [5, 5.41) is 0. The Kier molecular flexibility index (Phi) is 5.62. The van der Waals surface area contributed by atoms with E-state index in [1.165, 1.54) is 23.2 Å². The minimum atomic E-state index is -2.61. The molecule has 0 saturated carbocycles. The molecular formula is C17H18F2N2O2. The molecule has 4 nitrogen and oxygen atoms in total. The second-order valence-electron chi connectivity index (χ2n) is 5.05. The summed E-state index contributed by atoms with van der Waals surface area (Å²) < 4.78 is 29.6. The Labute approximate surface area is 133 Å². The first kappa shape index (κ1) is 16.9. The van der Waals surface area contributed by atoms with Crippen molar-refractivity contribution in [2.24, 2.45) is 0 Å². The van der Waals surface area contributed by atoms with Crippen molar-refractivity contribution in [1.82, 2.24) is 9.88 Å². The van der Waals surface area contributed by atoms with E-state index < -0.39 is 13.0 Å². The Morgan fingerprint density at radius 1 is 1.22 bits per heavy atom. The lowest BCUT2D eigenvalue weighted by Gasteiger charge is -2.25. The number of carbonyl (C=O) groups is 1. The summed E-state index contributed by atoms with van der Waals surface area (Å²) in [5.41, 5.74) is 0.993. The topological polar surface area (TPSA) is 42.4 Å². The van der Waals surface area contributed by atoms with Crippen molar-refractivity contribution in [2.75, 3.05) is 13.7 Å². The average molecular weight is 320 g/mol. The van der Waals surface area contributed by atoms with Crippen molar-refractivity contribution in [3.05, 3.63) is 59.9 Å². The molecule has 0 saturated heterocycles. The molecule has 0 radical (unpaired) electrons. The van der Waals surface area contributed by atoms with Crippen LogP contribution >= 0.6 is 0 Å². The quantitative estimate of drug-likeness (QED) is 0.817. The summed E-state index contributed by atoms with van der Waals surface area (Å²) in [5.74, 6) is -0.323.